The summed E-state index contributed by atoms with van der Waals surface area (Å²) in [5.41, 5.74) is 4.51. The van der Waals surface area contributed by atoms with Gasteiger partial charge in [0.25, 0.3) is 0 Å². The molecule has 1 aromatic heterocycles. The van der Waals surface area contributed by atoms with Crippen molar-refractivity contribution in [3.05, 3.63) is 89.5 Å². The minimum absolute atomic E-state index is 0.000459. The molecule has 0 aliphatic carbocycles. The number of rotatable bonds is 13. The first kappa shape index (κ1) is 31.2. The number of thiazole rings is 1. The third kappa shape index (κ3) is 9.11. The Morgan fingerprint density at radius 2 is 1.74 bits per heavy atom. The van der Waals surface area contributed by atoms with E-state index in [2.05, 4.69) is 16.7 Å². The van der Waals surface area contributed by atoms with E-state index in [1.54, 1.807) is 23.1 Å². The molecule has 0 spiro atoms. The van der Waals surface area contributed by atoms with E-state index in [0.717, 1.165) is 57.2 Å². The molecule has 8 nitrogen and oxygen atoms in total. The highest BCUT2D eigenvalue weighted by Gasteiger charge is 2.32. The molecular formula is C33H37N3O5S2. The second-order valence-electron chi connectivity index (χ2n) is 10.6. The van der Waals surface area contributed by atoms with Gasteiger partial charge in [-0.2, -0.15) is 0 Å². The van der Waals surface area contributed by atoms with Crippen molar-refractivity contribution in [2.24, 2.45) is 0 Å². The van der Waals surface area contributed by atoms with Gasteiger partial charge in [0.15, 0.2) is 10.6 Å². The Balaban J connectivity index is 1.20. The van der Waals surface area contributed by atoms with Gasteiger partial charge in [-0.15, -0.1) is 11.3 Å². The molecule has 5 rings (SSSR count). The minimum atomic E-state index is -0.564. The monoisotopic (exact) mass is 619 g/mol. The number of benzene rings is 3. The van der Waals surface area contributed by atoms with Crippen LogP contribution in [-0.4, -0.2) is 40.3 Å². The predicted octanol–water partition coefficient (Wildman–Crippen LogP) is 6.76. The highest BCUT2D eigenvalue weighted by molar-refractivity contribution is 8.01. The van der Waals surface area contributed by atoms with Gasteiger partial charge in [-0.3, -0.25) is 9.59 Å². The normalized spacial score (nSPS) is 18.4. The predicted molar refractivity (Wildman–Crippen MR) is 171 cm³/mol. The van der Waals surface area contributed by atoms with E-state index in [9.17, 15) is 14.7 Å². The van der Waals surface area contributed by atoms with Gasteiger partial charge in [-0.05, 0) is 48.2 Å². The molecule has 0 saturated carbocycles. The Morgan fingerprint density at radius 1 is 0.977 bits per heavy atom. The summed E-state index contributed by atoms with van der Waals surface area (Å²) in [5, 5.41) is 15.2. The average molecular weight is 620 g/mol. The van der Waals surface area contributed by atoms with Crippen LogP contribution in [0.2, 0.25) is 0 Å². The molecule has 1 saturated heterocycles. The molecule has 3 N–H and O–H groups in total. The maximum atomic E-state index is 12.4. The van der Waals surface area contributed by atoms with Crippen LogP contribution in [0.3, 0.4) is 0 Å². The number of aliphatic hydroxyl groups excluding tert-OH is 1. The van der Waals surface area contributed by atoms with Crippen molar-refractivity contribution in [3.8, 4) is 0 Å². The Hall–Kier alpha value is -3.28. The topological polar surface area (TPSA) is 110 Å². The van der Waals surface area contributed by atoms with Crippen LogP contribution < -0.4 is 10.6 Å². The van der Waals surface area contributed by atoms with E-state index in [-0.39, 0.29) is 30.6 Å². The lowest BCUT2D eigenvalue weighted by molar-refractivity contribution is -0.245. The third-order valence-corrected chi connectivity index (χ3v) is 9.51. The van der Waals surface area contributed by atoms with E-state index >= 15 is 0 Å². The molecule has 0 bridgehead atoms. The SMILES string of the molecule is CC(=O)NCCCCCC(=O)Nc1ccc([C@H]2O[C@@H](CSc3nc4ccccc4s3)C[C@@H](c3ccc(CO)cc3)O2)cc1. The fraction of sp³-hybridized carbons (Fsp3) is 0.364. The quantitative estimate of drug-likeness (QED) is 0.112. The number of nitrogens with zero attached hydrogens (tertiary/aromatic N) is 1. The van der Waals surface area contributed by atoms with Gasteiger partial charge in [0.1, 0.15) is 0 Å². The van der Waals surface area contributed by atoms with Gasteiger partial charge in [-0.1, -0.05) is 66.7 Å². The Kier molecular flexibility index (Phi) is 11.2. The fourth-order valence-corrected chi connectivity index (χ4v) is 7.01. The van der Waals surface area contributed by atoms with Crippen LogP contribution in [0.1, 0.15) is 68.1 Å². The molecule has 2 heterocycles. The smallest absolute Gasteiger partial charge is 0.224 e. The van der Waals surface area contributed by atoms with Gasteiger partial charge >= 0.3 is 0 Å². The summed E-state index contributed by atoms with van der Waals surface area (Å²) >= 11 is 3.39. The number of aromatic nitrogens is 1. The average Bonchev–Trinajstić information content (AvgIpc) is 3.45. The van der Waals surface area contributed by atoms with Crippen molar-refractivity contribution in [2.45, 2.75) is 68.5 Å². The van der Waals surface area contributed by atoms with E-state index < -0.39 is 6.29 Å². The standard InChI is InChI=1S/C33H37N3O5S2/c1-22(38)34-18-6-2-3-9-31(39)35-26-16-14-25(15-17-26)32-40-27(19-29(41-32)24-12-10-23(20-37)11-13-24)21-42-33-36-28-7-4-5-8-30(28)43-33/h4-5,7-8,10-17,27,29,32,37H,2-3,6,9,18-21H2,1H3,(H,34,38)(H,35,39)/t27-,29+,32+/m1/s1. The molecule has 0 radical (unpaired) electrons. The summed E-state index contributed by atoms with van der Waals surface area (Å²) < 4.78 is 15.1. The maximum absolute atomic E-state index is 12.4. The zero-order chi connectivity index (χ0) is 30.0. The number of amides is 2. The van der Waals surface area contributed by atoms with Gasteiger partial charge in [-0.25, -0.2) is 4.98 Å². The first-order chi connectivity index (χ1) is 21.0. The molecule has 43 heavy (non-hydrogen) atoms. The Labute approximate surface area is 260 Å². The van der Waals surface area contributed by atoms with Crippen LogP contribution in [0, 0.1) is 0 Å². The van der Waals surface area contributed by atoms with Gasteiger partial charge in [0.05, 0.1) is 29.0 Å². The minimum Gasteiger partial charge on any atom is -0.392 e. The van der Waals surface area contributed by atoms with Crippen LogP contribution in [0.5, 0.6) is 0 Å². The van der Waals surface area contributed by atoms with Gasteiger partial charge < -0.3 is 25.2 Å². The maximum Gasteiger partial charge on any atom is 0.224 e. The van der Waals surface area contributed by atoms with Crippen molar-refractivity contribution in [2.75, 3.05) is 17.6 Å². The van der Waals surface area contributed by atoms with Crippen molar-refractivity contribution < 1.29 is 24.2 Å². The number of carbonyl (C=O) groups is 2. The van der Waals surface area contributed by atoms with E-state index in [0.29, 0.717) is 19.4 Å². The number of unbranched alkanes of at least 4 members (excludes halogenated alkanes) is 2. The first-order valence-electron chi connectivity index (χ1n) is 14.6. The van der Waals surface area contributed by atoms with Crippen molar-refractivity contribution in [1.82, 2.24) is 10.3 Å². The number of ether oxygens (including phenoxy) is 2. The highest BCUT2D eigenvalue weighted by atomic mass is 32.2. The summed E-state index contributed by atoms with van der Waals surface area (Å²) in [6, 6.07) is 23.6. The number of fused-ring (bicyclic) bond motifs is 1. The van der Waals surface area contributed by atoms with E-state index in [1.807, 2.05) is 66.7 Å². The van der Waals surface area contributed by atoms with Crippen molar-refractivity contribution in [3.63, 3.8) is 0 Å². The second-order valence-corrected chi connectivity index (χ2v) is 12.9. The molecule has 2 amide bonds. The molecule has 1 aliphatic rings. The summed E-state index contributed by atoms with van der Waals surface area (Å²) in [7, 11) is 0. The first-order valence-corrected chi connectivity index (χ1v) is 16.4. The van der Waals surface area contributed by atoms with Gasteiger partial charge in [0.2, 0.25) is 11.8 Å². The number of thioether (sulfide) groups is 1. The third-order valence-electron chi connectivity index (χ3n) is 7.20. The summed E-state index contributed by atoms with van der Waals surface area (Å²) in [4.78, 5) is 28.1. The summed E-state index contributed by atoms with van der Waals surface area (Å²) in [6.07, 6.45) is 2.84. The largest absolute Gasteiger partial charge is 0.392 e. The zero-order valence-corrected chi connectivity index (χ0v) is 25.8. The Morgan fingerprint density at radius 3 is 2.49 bits per heavy atom. The molecule has 1 fully saturated rings. The number of aliphatic hydroxyl groups is 1. The summed E-state index contributed by atoms with van der Waals surface area (Å²) in [6.45, 7) is 2.14. The summed E-state index contributed by atoms with van der Waals surface area (Å²) in [5.74, 6) is 0.677. The number of carbonyl (C=O) groups excluding carboxylic acids is 2. The van der Waals surface area contributed by atoms with Crippen molar-refractivity contribution >= 4 is 50.8 Å². The van der Waals surface area contributed by atoms with Crippen LogP contribution in [0.4, 0.5) is 5.69 Å². The Bertz CT molecular complexity index is 1460. The lowest BCUT2D eigenvalue weighted by Crippen LogP contribution is -2.31. The highest BCUT2D eigenvalue weighted by Crippen LogP contribution is 2.40. The molecule has 4 aromatic rings. The molecule has 3 aromatic carbocycles. The number of hydrogen-bond donors (Lipinski definition) is 3. The van der Waals surface area contributed by atoms with Crippen LogP contribution >= 0.6 is 23.1 Å². The molecule has 226 valence electrons. The number of para-hydroxylation sites is 1. The molecule has 0 unspecified atom stereocenters. The van der Waals surface area contributed by atoms with Crippen molar-refractivity contribution in [1.29, 1.82) is 0 Å². The number of nitrogens with one attached hydrogen (secondary N) is 2. The zero-order valence-electron chi connectivity index (χ0n) is 24.2. The number of hydrogen-bond acceptors (Lipinski definition) is 8. The van der Waals surface area contributed by atoms with Crippen LogP contribution in [0.25, 0.3) is 10.2 Å². The molecule has 3 atom stereocenters. The van der Waals surface area contributed by atoms with E-state index in [4.69, 9.17) is 14.5 Å². The molecular weight excluding hydrogens is 583 g/mol. The lowest BCUT2D eigenvalue weighted by Gasteiger charge is -2.36. The van der Waals surface area contributed by atoms with Crippen LogP contribution in [-0.2, 0) is 25.7 Å². The number of anilines is 1. The van der Waals surface area contributed by atoms with Gasteiger partial charge in [0, 0.05) is 43.3 Å². The van der Waals surface area contributed by atoms with Crippen LogP contribution in [0.15, 0.2) is 77.1 Å². The fourth-order valence-electron chi connectivity index (χ4n) is 4.90. The molecule has 1 aliphatic heterocycles. The van der Waals surface area contributed by atoms with E-state index in [1.165, 1.54) is 11.6 Å². The second kappa shape index (κ2) is 15.4. The molecule has 10 heteroatoms. The lowest BCUT2D eigenvalue weighted by atomic mass is 10.0.